The van der Waals surface area contributed by atoms with Crippen LogP contribution in [-0.2, 0) is 9.53 Å². The summed E-state index contributed by atoms with van der Waals surface area (Å²) >= 11 is 0. The van der Waals surface area contributed by atoms with E-state index >= 15 is 0 Å². The molecular weight excluding hydrogens is 432 g/mol. The molecule has 1 aliphatic rings. The summed E-state index contributed by atoms with van der Waals surface area (Å²) in [4.78, 5) is 25.3. The third-order valence-electron chi connectivity index (χ3n) is 6.15. The monoisotopic (exact) mass is 466 g/mol. The highest BCUT2D eigenvalue weighted by Crippen LogP contribution is 2.32. The molecule has 0 aliphatic carbocycles. The van der Waals surface area contributed by atoms with E-state index in [4.69, 9.17) is 27.0 Å². The number of nitrogens with zero attached hydrogens (tertiary/aromatic N) is 5. The quantitative estimate of drug-likeness (QED) is 0.223. The van der Waals surface area contributed by atoms with Crippen LogP contribution in [0.25, 0.3) is 11.2 Å². The van der Waals surface area contributed by atoms with E-state index in [0.717, 1.165) is 0 Å². The second-order valence-electron chi connectivity index (χ2n) is 8.86. The predicted molar refractivity (Wildman–Crippen MR) is 120 cm³/mol. The Kier molecular flexibility index (Phi) is 8.15. The molecule has 2 unspecified atom stereocenters. The Labute approximate surface area is 191 Å². The van der Waals surface area contributed by atoms with E-state index in [0.29, 0.717) is 30.7 Å². The fourth-order valence-corrected chi connectivity index (χ4v) is 3.83. The highest BCUT2D eigenvalue weighted by Gasteiger charge is 2.44. The number of carboxylic acids is 1. The first-order valence-electron chi connectivity index (χ1n) is 11.0. The Morgan fingerprint density at radius 1 is 1.18 bits per heavy atom. The molecule has 1 saturated heterocycles. The molecular formula is C20H34N8O5. The van der Waals surface area contributed by atoms with Crippen molar-refractivity contribution < 1.29 is 24.9 Å². The van der Waals surface area contributed by atoms with Crippen molar-refractivity contribution in [3.63, 3.8) is 0 Å². The van der Waals surface area contributed by atoms with Crippen molar-refractivity contribution in [2.24, 2.45) is 17.4 Å². The number of aromatic nitrogens is 4. The first-order valence-corrected chi connectivity index (χ1v) is 11.0. The number of aliphatic hydroxyl groups excluding tert-OH is 2. The summed E-state index contributed by atoms with van der Waals surface area (Å²) in [6.07, 6.45) is -0.449. The predicted octanol–water partition coefficient (Wildman–Crippen LogP) is -1.49. The number of rotatable bonds is 11. The molecule has 9 N–H and O–H groups in total. The lowest BCUT2D eigenvalue weighted by Gasteiger charge is -2.29. The highest BCUT2D eigenvalue weighted by molar-refractivity contribution is 5.81. The van der Waals surface area contributed by atoms with Gasteiger partial charge in [0.25, 0.3) is 0 Å². The maximum Gasteiger partial charge on any atom is 0.320 e. The lowest BCUT2D eigenvalue weighted by atomic mass is 10.0. The minimum Gasteiger partial charge on any atom is -0.480 e. The number of hydrogen-bond acceptors (Lipinski definition) is 11. The van der Waals surface area contributed by atoms with Crippen LogP contribution in [0.5, 0.6) is 0 Å². The van der Waals surface area contributed by atoms with Gasteiger partial charge < -0.3 is 42.2 Å². The van der Waals surface area contributed by atoms with Gasteiger partial charge in [-0.3, -0.25) is 9.36 Å². The van der Waals surface area contributed by atoms with Crippen molar-refractivity contribution in [3.05, 3.63) is 12.7 Å². The van der Waals surface area contributed by atoms with Gasteiger partial charge in [0.1, 0.15) is 36.2 Å². The molecule has 0 saturated carbocycles. The molecule has 0 aromatic carbocycles. The number of fused-ring (bicyclic) bond motifs is 1. The van der Waals surface area contributed by atoms with Crippen LogP contribution >= 0.6 is 0 Å². The van der Waals surface area contributed by atoms with Gasteiger partial charge in [-0.1, -0.05) is 13.8 Å². The molecule has 2 aromatic heterocycles. The largest absolute Gasteiger partial charge is 0.480 e. The van der Waals surface area contributed by atoms with Crippen LogP contribution in [0.1, 0.15) is 32.9 Å². The summed E-state index contributed by atoms with van der Waals surface area (Å²) in [5.41, 5.74) is 18.4. The van der Waals surface area contributed by atoms with E-state index in [9.17, 15) is 15.0 Å². The molecule has 1 aliphatic heterocycles. The van der Waals surface area contributed by atoms with Gasteiger partial charge in [-0.25, -0.2) is 15.0 Å². The van der Waals surface area contributed by atoms with Crippen molar-refractivity contribution in [2.75, 3.05) is 25.4 Å². The molecule has 33 heavy (non-hydrogen) atoms. The van der Waals surface area contributed by atoms with E-state index in [1.54, 1.807) is 0 Å². The smallest absolute Gasteiger partial charge is 0.320 e. The molecule has 3 rings (SSSR count). The number of aliphatic hydroxyl groups is 2. The van der Waals surface area contributed by atoms with Crippen LogP contribution in [0.3, 0.4) is 0 Å². The minimum atomic E-state index is -1.23. The highest BCUT2D eigenvalue weighted by atomic mass is 16.6. The molecule has 2 aromatic rings. The number of hydrogen-bond donors (Lipinski definition) is 6. The van der Waals surface area contributed by atoms with Crippen molar-refractivity contribution >= 4 is 23.0 Å². The zero-order chi connectivity index (χ0) is 24.3. The number of imidazole rings is 1. The third kappa shape index (κ3) is 5.75. The van der Waals surface area contributed by atoms with Gasteiger partial charge in [0, 0.05) is 19.1 Å². The number of carboxylic acid groups (broad SMARTS) is 1. The fourth-order valence-electron chi connectivity index (χ4n) is 3.83. The average molecular weight is 467 g/mol. The van der Waals surface area contributed by atoms with Crippen LogP contribution in [0, 0.1) is 5.92 Å². The van der Waals surface area contributed by atoms with E-state index in [2.05, 4.69) is 15.0 Å². The van der Waals surface area contributed by atoms with Crippen LogP contribution in [0.15, 0.2) is 12.7 Å². The summed E-state index contributed by atoms with van der Waals surface area (Å²) < 4.78 is 7.53. The minimum absolute atomic E-state index is 0.0316. The topological polar surface area (TPSA) is 212 Å². The third-order valence-corrected chi connectivity index (χ3v) is 6.15. The molecule has 0 radical (unpaired) electrons. The average Bonchev–Trinajstić information content (AvgIpc) is 3.32. The Morgan fingerprint density at radius 3 is 2.55 bits per heavy atom. The van der Waals surface area contributed by atoms with Crippen LogP contribution in [0.2, 0.25) is 0 Å². The Balaban J connectivity index is 1.72. The molecule has 1 fully saturated rings. The lowest BCUT2D eigenvalue weighted by molar-refractivity contribution is -0.138. The summed E-state index contributed by atoms with van der Waals surface area (Å²) in [6.45, 7) is 5.27. The summed E-state index contributed by atoms with van der Waals surface area (Å²) in [6, 6.07) is -1.03. The number of carbonyl (C=O) groups is 1. The van der Waals surface area contributed by atoms with Crippen molar-refractivity contribution in [1.82, 2.24) is 24.4 Å². The van der Waals surface area contributed by atoms with Crippen molar-refractivity contribution in [2.45, 2.75) is 63.3 Å². The summed E-state index contributed by atoms with van der Waals surface area (Å²) in [5, 5.41) is 30.5. The van der Waals surface area contributed by atoms with E-state index in [1.165, 1.54) is 17.2 Å². The normalized spacial score (nSPS) is 25.2. The zero-order valence-corrected chi connectivity index (χ0v) is 18.9. The van der Waals surface area contributed by atoms with Crippen molar-refractivity contribution in [3.8, 4) is 0 Å². The van der Waals surface area contributed by atoms with Gasteiger partial charge in [-0.05, 0) is 25.3 Å². The molecule has 184 valence electrons. The molecule has 0 bridgehead atoms. The molecule has 6 atom stereocenters. The Hall–Kier alpha value is -2.42. The van der Waals surface area contributed by atoms with Gasteiger partial charge in [-0.2, -0.15) is 0 Å². The van der Waals surface area contributed by atoms with Gasteiger partial charge >= 0.3 is 5.97 Å². The fraction of sp³-hybridized carbons (Fsp3) is 0.700. The number of nitrogens with two attached hydrogens (primary N) is 3. The van der Waals surface area contributed by atoms with Gasteiger partial charge in [0.15, 0.2) is 17.7 Å². The second kappa shape index (κ2) is 10.7. The van der Waals surface area contributed by atoms with Crippen LogP contribution < -0.4 is 17.2 Å². The number of aliphatic carboxylic acids is 1. The zero-order valence-electron chi connectivity index (χ0n) is 18.9. The number of anilines is 1. The summed E-state index contributed by atoms with van der Waals surface area (Å²) in [5.74, 6) is -0.586. The van der Waals surface area contributed by atoms with Gasteiger partial charge in [0.2, 0.25) is 0 Å². The first kappa shape index (κ1) is 25.2. The molecule has 13 heteroatoms. The lowest BCUT2D eigenvalue weighted by Crippen LogP contribution is -2.44. The molecule has 3 heterocycles. The van der Waals surface area contributed by atoms with Gasteiger partial charge in [-0.15, -0.1) is 0 Å². The Bertz CT molecular complexity index is 940. The Morgan fingerprint density at radius 2 is 1.88 bits per heavy atom. The van der Waals surface area contributed by atoms with E-state index < -0.39 is 36.6 Å². The number of nitrogen functional groups attached to an aromatic ring is 1. The summed E-state index contributed by atoms with van der Waals surface area (Å²) in [7, 11) is 0. The van der Waals surface area contributed by atoms with E-state index in [-0.39, 0.29) is 30.7 Å². The molecule has 0 spiro atoms. The molecule has 0 amide bonds. The van der Waals surface area contributed by atoms with E-state index in [1.807, 2.05) is 18.7 Å². The SMILES string of the molecule is CC(C)C(N)CCN(CCC(N)C(=O)O)C[C@H]1O[C@@H](n2cnc3c(N)ncnc32)[C@H](O)[C@@H]1O. The standard InChI is InChI=1S/C20H34N8O5/c1-10(2)11(21)3-5-27(6-4-12(22)20(31)32)7-13-15(29)16(30)19(33-13)28-9-26-14-17(23)24-8-25-18(14)28/h8-13,15-16,19,29-30H,3-7,21-22H2,1-2H3,(H,31,32)(H2,23,24,25)/t11?,12?,13-,15-,16-,19-/m1/s1. The van der Waals surface area contributed by atoms with Crippen molar-refractivity contribution in [1.29, 1.82) is 0 Å². The van der Waals surface area contributed by atoms with Gasteiger partial charge in [0.05, 0.1) is 6.33 Å². The maximum absolute atomic E-state index is 11.1. The number of ether oxygens (including phenoxy) is 1. The van der Waals surface area contributed by atoms with Crippen LogP contribution in [-0.4, -0.2) is 95.7 Å². The maximum atomic E-state index is 11.1. The second-order valence-corrected chi connectivity index (χ2v) is 8.86. The first-order chi connectivity index (χ1) is 15.6. The molecule has 13 nitrogen and oxygen atoms in total. The van der Waals surface area contributed by atoms with Crippen LogP contribution in [0.4, 0.5) is 5.82 Å².